The van der Waals surface area contributed by atoms with Crippen LogP contribution < -0.4 is 5.32 Å². The molecule has 1 aromatic carbocycles. The van der Waals surface area contributed by atoms with Crippen molar-refractivity contribution in [2.24, 2.45) is 11.8 Å². The largest absolute Gasteiger partial charge is 0.416 e. The van der Waals surface area contributed by atoms with Crippen molar-refractivity contribution in [1.29, 1.82) is 5.26 Å². The van der Waals surface area contributed by atoms with Gasteiger partial charge in [0, 0.05) is 44.3 Å². The predicted molar refractivity (Wildman–Crippen MR) is 136 cm³/mol. The summed E-state index contributed by atoms with van der Waals surface area (Å²) >= 11 is 0. The van der Waals surface area contributed by atoms with Crippen molar-refractivity contribution in [3.05, 3.63) is 35.1 Å². The minimum absolute atomic E-state index is 0.113. The molecular weight excluding hydrogens is 554 g/mol. The number of carbonyl (C=O) groups is 2. The fourth-order valence-corrected chi connectivity index (χ4v) is 7.77. The number of halogens is 4. The Hall–Kier alpha value is -2.76. The summed E-state index contributed by atoms with van der Waals surface area (Å²) in [5.74, 6) is -2.93. The van der Waals surface area contributed by atoms with E-state index in [9.17, 15) is 35.6 Å². The molecule has 0 aliphatic carbocycles. The van der Waals surface area contributed by atoms with Gasteiger partial charge in [0.15, 0.2) is 0 Å². The second-order valence-electron chi connectivity index (χ2n) is 10.6. The number of hydrogen-bond donors (Lipinski definition) is 1. The van der Waals surface area contributed by atoms with Crippen molar-refractivity contribution >= 4 is 22.0 Å². The van der Waals surface area contributed by atoms with E-state index in [4.69, 9.17) is 5.26 Å². The van der Waals surface area contributed by atoms with E-state index in [0.717, 1.165) is 12.1 Å². The maximum atomic E-state index is 14.2. The molecule has 0 bridgehead atoms. The number of likely N-dealkylation sites (tertiary alicyclic amines) is 1. The molecule has 0 spiro atoms. The normalized spacial score (nSPS) is 24.9. The van der Waals surface area contributed by atoms with Gasteiger partial charge in [-0.05, 0) is 44.2 Å². The highest BCUT2D eigenvalue weighted by Gasteiger charge is 2.48. The number of amides is 2. The molecule has 9 nitrogen and oxygen atoms in total. The molecule has 0 aromatic heterocycles. The molecule has 1 aromatic rings. The summed E-state index contributed by atoms with van der Waals surface area (Å²) in [6.45, 7) is 2.40. The first-order valence-electron chi connectivity index (χ1n) is 13.5. The molecule has 1 N–H and O–H groups in total. The minimum Gasteiger partial charge on any atom is -0.350 e. The summed E-state index contributed by atoms with van der Waals surface area (Å²) in [5.41, 5.74) is -1.24. The summed E-state index contributed by atoms with van der Waals surface area (Å²) in [6.07, 6.45) is -1.72. The van der Waals surface area contributed by atoms with Gasteiger partial charge in [0.05, 0.1) is 23.5 Å². The topological polar surface area (TPSA) is 114 Å². The van der Waals surface area contributed by atoms with E-state index < -0.39 is 51.7 Å². The third kappa shape index (κ3) is 6.11. The summed E-state index contributed by atoms with van der Waals surface area (Å²) < 4.78 is 82.1. The van der Waals surface area contributed by atoms with E-state index in [1.165, 1.54) is 13.5 Å². The van der Waals surface area contributed by atoms with Crippen molar-refractivity contribution in [1.82, 2.24) is 18.8 Å². The lowest BCUT2D eigenvalue weighted by atomic mass is 9.86. The highest BCUT2D eigenvalue weighted by Crippen LogP contribution is 2.35. The van der Waals surface area contributed by atoms with Crippen LogP contribution in [-0.2, 0) is 32.5 Å². The van der Waals surface area contributed by atoms with Crippen LogP contribution >= 0.6 is 0 Å². The Kier molecular flexibility index (Phi) is 9.06. The van der Waals surface area contributed by atoms with Crippen LogP contribution in [-0.4, -0.2) is 72.0 Å². The average Bonchev–Trinajstić information content (AvgIpc) is 3.36. The maximum absolute atomic E-state index is 14.2. The lowest BCUT2D eigenvalue weighted by Gasteiger charge is -2.45. The van der Waals surface area contributed by atoms with Gasteiger partial charge in [-0.25, -0.2) is 4.39 Å². The number of hydrogen-bond acceptors (Lipinski definition) is 5. The van der Waals surface area contributed by atoms with Gasteiger partial charge in [-0.1, -0.05) is 19.4 Å². The van der Waals surface area contributed by atoms with Gasteiger partial charge in [0.2, 0.25) is 11.8 Å². The second kappa shape index (κ2) is 12.0. The zero-order valence-electron chi connectivity index (χ0n) is 22.2. The molecule has 0 radical (unpaired) electrons. The van der Waals surface area contributed by atoms with Crippen molar-refractivity contribution < 1.29 is 35.6 Å². The zero-order chi connectivity index (χ0) is 29.2. The Morgan fingerprint density at radius 3 is 2.48 bits per heavy atom. The van der Waals surface area contributed by atoms with Crippen LogP contribution in [0.2, 0.25) is 0 Å². The Morgan fingerprint density at radius 2 is 1.85 bits per heavy atom. The zero-order valence-corrected chi connectivity index (χ0v) is 23.0. The molecule has 2 amide bonds. The first-order valence-corrected chi connectivity index (χ1v) is 14.9. The van der Waals surface area contributed by atoms with Crippen molar-refractivity contribution in [2.45, 2.75) is 70.3 Å². The number of alkyl halides is 3. The first-order chi connectivity index (χ1) is 18.9. The molecule has 220 valence electrons. The van der Waals surface area contributed by atoms with Crippen molar-refractivity contribution in [3.8, 4) is 6.07 Å². The Labute approximate surface area is 231 Å². The van der Waals surface area contributed by atoms with Crippen LogP contribution in [0.25, 0.3) is 0 Å². The van der Waals surface area contributed by atoms with E-state index >= 15 is 0 Å². The fourth-order valence-electron chi connectivity index (χ4n) is 5.78. The molecule has 3 saturated heterocycles. The van der Waals surface area contributed by atoms with Crippen LogP contribution in [0.3, 0.4) is 0 Å². The number of nitrogens with one attached hydrogen (secondary N) is 1. The molecule has 3 heterocycles. The number of nitrogens with zero attached hydrogens (tertiary/aromatic N) is 4. The molecule has 40 heavy (non-hydrogen) atoms. The number of rotatable bonds is 8. The lowest BCUT2D eigenvalue weighted by Crippen LogP contribution is -2.61. The maximum Gasteiger partial charge on any atom is 0.416 e. The molecule has 3 atom stereocenters. The Bertz CT molecular complexity index is 1260. The molecule has 14 heteroatoms. The average molecular weight is 588 g/mol. The van der Waals surface area contributed by atoms with E-state index in [2.05, 4.69) is 11.4 Å². The number of benzene rings is 1. The van der Waals surface area contributed by atoms with Crippen LogP contribution in [0.1, 0.15) is 56.6 Å². The van der Waals surface area contributed by atoms with E-state index in [-0.39, 0.29) is 43.6 Å². The SMILES string of the molecule is CCC[C@@H]1[C@H](C(=O)N2CCC[C@@H]2C(=O)NCc2ccc(C(F)(F)F)cc2F)CCCN1S(=O)(=O)N1CC(C#N)C1. The Balaban J connectivity index is 1.44. The highest BCUT2D eigenvalue weighted by molar-refractivity contribution is 7.86. The predicted octanol–water partition coefficient (Wildman–Crippen LogP) is 3.03. The molecule has 4 rings (SSSR count). The van der Waals surface area contributed by atoms with Gasteiger partial charge in [0.25, 0.3) is 10.2 Å². The third-order valence-electron chi connectivity index (χ3n) is 7.95. The van der Waals surface area contributed by atoms with Gasteiger partial charge < -0.3 is 10.2 Å². The molecule has 3 aliphatic rings. The van der Waals surface area contributed by atoms with Crippen LogP contribution in [0.5, 0.6) is 0 Å². The van der Waals surface area contributed by atoms with Gasteiger partial charge in [0.1, 0.15) is 11.9 Å². The summed E-state index contributed by atoms with van der Waals surface area (Å²) in [5, 5.41) is 11.6. The lowest BCUT2D eigenvalue weighted by molar-refractivity contribution is -0.144. The monoisotopic (exact) mass is 587 g/mol. The van der Waals surface area contributed by atoms with Crippen LogP contribution in [0.4, 0.5) is 17.6 Å². The Morgan fingerprint density at radius 1 is 1.15 bits per heavy atom. The summed E-state index contributed by atoms with van der Waals surface area (Å²) in [6, 6.07) is 2.74. The first kappa shape index (κ1) is 30.2. The third-order valence-corrected chi connectivity index (χ3v) is 9.95. The standard InChI is InChI=1S/C26H33F4N5O4S/c1-2-5-22-20(6-3-11-35(22)40(38,39)33-15-17(13-31)16-33)25(37)34-10-4-7-23(34)24(36)32-14-18-8-9-19(12-21(18)27)26(28,29)30/h8-9,12,17,20,22-23H,2-7,10-11,14-16H2,1H3,(H,32,36)/t20-,22-,23-/m1/s1. The number of carbonyl (C=O) groups excluding carboxylic acids is 2. The summed E-state index contributed by atoms with van der Waals surface area (Å²) in [7, 11) is -3.86. The van der Waals surface area contributed by atoms with Gasteiger partial charge in [-0.2, -0.15) is 35.5 Å². The van der Waals surface area contributed by atoms with E-state index in [1.54, 1.807) is 0 Å². The fraction of sp³-hybridized carbons (Fsp3) is 0.654. The van der Waals surface area contributed by atoms with Gasteiger partial charge in [-0.15, -0.1) is 0 Å². The van der Waals surface area contributed by atoms with Gasteiger partial charge in [-0.3, -0.25) is 9.59 Å². The molecule has 0 unspecified atom stereocenters. The summed E-state index contributed by atoms with van der Waals surface area (Å²) in [4.78, 5) is 28.3. The second-order valence-corrected chi connectivity index (χ2v) is 12.5. The number of piperidine rings is 1. The molecule has 3 aliphatic heterocycles. The van der Waals surface area contributed by atoms with Crippen molar-refractivity contribution in [2.75, 3.05) is 26.2 Å². The van der Waals surface area contributed by atoms with E-state index in [1.807, 2.05) is 6.92 Å². The van der Waals surface area contributed by atoms with Gasteiger partial charge >= 0.3 is 6.18 Å². The van der Waals surface area contributed by atoms with E-state index in [0.29, 0.717) is 51.1 Å². The molecule has 3 fully saturated rings. The van der Waals surface area contributed by atoms with Crippen LogP contribution in [0, 0.1) is 29.0 Å². The molecular formula is C26H33F4N5O4S. The van der Waals surface area contributed by atoms with Crippen LogP contribution in [0.15, 0.2) is 18.2 Å². The smallest absolute Gasteiger partial charge is 0.350 e. The number of nitriles is 1. The minimum atomic E-state index is -4.69. The quantitative estimate of drug-likeness (QED) is 0.470. The highest BCUT2D eigenvalue weighted by atomic mass is 32.2. The molecule has 0 saturated carbocycles. The van der Waals surface area contributed by atoms with Crippen molar-refractivity contribution in [3.63, 3.8) is 0 Å².